The van der Waals surface area contributed by atoms with Crippen molar-refractivity contribution in [2.75, 3.05) is 26.2 Å². The highest BCUT2D eigenvalue weighted by Gasteiger charge is 2.41. The summed E-state index contributed by atoms with van der Waals surface area (Å²) in [5.41, 5.74) is -0.645. The zero-order chi connectivity index (χ0) is 23.8. The van der Waals surface area contributed by atoms with Gasteiger partial charge in [-0.3, -0.25) is 9.69 Å². The Labute approximate surface area is 189 Å². The van der Waals surface area contributed by atoms with E-state index in [2.05, 4.69) is 5.32 Å². The van der Waals surface area contributed by atoms with Crippen molar-refractivity contribution in [3.8, 4) is 0 Å². The van der Waals surface area contributed by atoms with E-state index in [0.717, 1.165) is 35.3 Å². The average Bonchev–Trinajstić information content (AvgIpc) is 3.59. The Morgan fingerprint density at radius 3 is 2.15 bits per heavy atom. The molecule has 0 unspecified atom stereocenters. The molecule has 0 aromatic heterocycles. The zero-order valence-corrected chi connectivity index (χ0v) is 18.4. The smallest absolute Gasteiger partial charge is 0.352 e. The fourth-order valence-corrected chi connectivity index (χ4v) is 5.58. The van der Waals surface area contributed by atoms with Gasteiger partial charge in [-0.1, -0.05) is 24.3 Å². The number of alkyl halides is 3. The third-order valence-corrected chi connectivity index (χ3v) is 7.76. The van der Waals surface area contributed by atoms with Crippen molar-refractivity contribution in [3.05, 3.63) is 65.5 Å². The number of sulfonamides is 1. The van der Waals surface area contributed by atoms with Crippen molar-refractivity contribution in [2.45, 2.75) is 36.0 Å². The number of rotatable bonds is 6. The highest BCUT2D eigenvalue weighted by molar-refractivity contribution is 7.89. The maximum absolute atomic E-state index is 13.4. The van der Waals surface area contributed by atoms with Gasteiger partial charge in [0.15, 0.2) is 0 Å². The fourth-order valence-electron chi connectivity index (χ4n) is 3.95. The number of piperazine rings is 1. The first kappa shape index (κ1) is 23.7. The summed E-state index contributed by atoms with van der Waals surface area (Å²) < 4.78 is 80.5. The molecule has 33 heavy (non-hydrogen) atoms. The van der Waals surface area contributed by atoms with E-state index in [4.69, 9.17) is 0 Å². The van der Waals surface area contributed by atoms with Gasteiger partial charge in [0, 0.05) is 32.2 Å². The van der Waals surface area contributed by atoms with Crippen molar-refractivity contribution in [3.63, 3.8) is 0 Å². The fraction of sp³-hybridized carbons (Fsp3) is 0.409. The quantitative estimate of drug-likeness (QED) is 0.639. The van der Waals surface area contributed by atoms with Gasteiger partial charge in [-0.15, -0.1) is 0 Å². The van der Waals surface area contributed by atoms with Crippen LogP contribution in [0.3, 0.4) is 0 Å². The Balaban J connectivity index is 1.54. The van der Waals surface area contributed by atoms with Crippen LogP contribution < -0.4 is 5.32 Å². The molecule has 2 aliphatic rings. The lowest BCUT2D eigenvalue weighted by Crippen LogP contribution is -2.52. The minimum atomic E-state index is -4.81. The molecule has 1 aliphatic heterocycles. The average molecular weight is 486 g/mol. The molecular formula is C22H23F4N3O3S. The second-order valence-electron chi connectivity index (χ2n) is 8.17. The molecule has 1 saturated heterocycles. The maximum Gasteiger partial charge on any atom is 0.417 e. The Hall–Kier alpha value is -2.50. The first-order valence-corrected chi connectivity index (χ1v) is 12.0. The highest BCUT2D eigenvalue weighted by atomic mass is 32.2. The van der Waals surface area contributed by atoms with Gasteiger partial charge in [0.2, 0.25) is 15.9 Å². The van der Waals surface area contributed by atoms with E-state index >= 15 is 0 Å². The van der Waals surface area contributed by atoms with Gasteiger partial charge in [-0.2, -0.15) is 17.5 Å². The molecule has 11 heteroatoms. The molecule has 1 atom stereocenters. The third-order valence-electron chi connectivity index (χ3n) is 5.81. The van der Waals surface area contributed by atoms with Gasteiger partial charge < -0.3 is 5.32 Å². The monoisotopic (exact) mass is 485 g/mol. The van der Waals surface area contributed by atoms with Crippen LogP contribution in [0.25, 0.3) is 0 Å². The van der Waals surface area contributed by atoms with Crippen LogP contribution in [0.2, 0.25) is 0 Å². The standard InChI is InChI=1S/C22H23F4N3O3S/c23-16-7-5-15(6-8-16)20(21(30)27-17-9-10-17)28-11-13-29(14-12-28)33(31,32)19-4-2-1-3-18(19)22(24,25)26/h1-8,17,20H,9-14H2,(H,27,30)/t20-/m1/s1. The first-order valence-electron chi connectivity index (χ1n) is 10.5. The Bertz CT molecular complexity index is 1110. The van der Waals surface area contributed by atoms with Crippen molar-refractivity contribution in [2.24, 2.45) is 0 Å². The SMILES string of the molecule is O=C(NC1CC1)[C@@H](c1ccc(F)cc1)N1CCN(S(=O)(=O)c2ccccc2C(F)(F)F)CC1. The van der Waals surface area contributed by atoms with Gasteiger partial charge in [0.25, 0.3) is 0 Å². The number of nitrogens with one attached hydrogen (secondary N) is 1. The lowest BCUT2D eigenvalue weighted by atomic mass is 10.0. The predicted octanol–water partition coefficient (Wildman–Crippen LogP) is 3.17. The first-order chi connectivity index (χ1) is 15.6. The van der Waals surface area contributed by atoms with E-state index in [0.29, 0.717) is 5.56 Å². The minimum absolute atomic E-state index is 0.0804. The zero-order valence-electron chi connectivity index (χ0n) is 17.6. The lowest BCUT2D eigenvalue weighted by Gasteiger charge is -2.38. The third kappa shape index (κ3) is 5.20. The van der Waals surface area contributed by atoms with E-state index in [1.807, 2.05) is 0 Å². The van der Waals surface area contributed by atoms with Crippen LogP contribution in [0.15, 0.2) is 53.4 Å². The molecule has 0 bridgehead atoms. The van der Waals surface area contributed by atoms with Crippen molar-refractivity contribution < 1.29 is 30.8 Å². The van der Waals surface area contributed by atoms with E-state index in [1.54, 1.807) is 4.90 Å². The summed E-state index contributed by atoms with van der Waals surface area (Å²) in [4.78, 5) is 13.9. The second-order valence-corrected chi connectivity index (χ2v) is 10.1. The van der Waals surface area contributed by atoms with Gasteiger partial charge in [0.1, 0.15) is 11.9 Å². The number of halogens is 4. The van der Waals surface area contributed by atoms with E-state index in [1.165, 1.54) is 30.3 Å². The summed E-state index contributed by atoms with van der Waals surface area (Å²) in [7, 11) is -4.39. The summed E-state index contributed by atoms with van der Waals surface area (Å²) in [6.07, 6.45) is -3.04. The molecule has 2 aromatic carbocycles. The van der Waals surface area contributed by atoms with Crippen molar-refractivity contribution in [1.82, 2.24) is 14.5 Å². The minimum Gasteiger partial charge on any atom is -0.352 e. The van der Waals surface area contributed by atoms with Crippen LogP contribution in [0.1, 0.15) is 30.0 Å². The van der Waals surface area contributed by atoms with Crippen LogP contribution in [0.5, 0.6) is 0 Å². The summed E-state index contributed by atoms with van der Waals surface area (Å²) in [6.45, 7) is 0.104. The largest absolute Gasteiger partial charge is 0.417 e. The summed E-state index contributed by atoms with van der Waals surface area (Å²) in [5, 5.41) is 2.92. The summed E-state index contributed by atoms with van der Waals surface area (Å²) in [5.74, 6) is -0.706. The number of benzene rings is 2. The Morgan fingerprint density at radius 1 is 0.970 bits per heavy atom. The molecule has 178 valence electrons. The molecule has 1 heterocycles. The normalized spacial score (nSPS) is 19.3. The predicted molar refractivity (Wildman–Crippen MR) is 112 cm³/mol. The van der Waals surface area contributed by atoms with E-state index in [-0.39, 0.29) is 38.1 Å². The number of amides is 1. The molecule has 0 radical (unpaired) electrons. The molecule has 1 saturated carbocycles. The molecule has 1 N–H and O–H groups in total. The van der Waals surface area contributed by atoms with Gasteiger partial charge in [-0.25, -0.2) is 12.8 Å². The van der Waals surface area contributed by atoms with Crippen LogP contribution in [0, 0.1) is 5.82 Å². The lowest BCUT2D eigenvalue weighted by molar-refractivity contribution is -0.140. The summed E-state index contributed by atoms with van der Waals surface area (Å²) >= 11 is 0. The van der Waals surface area contributed by atoms with Gasteiger partial charge in [-0.05, 0) is 42.7 Å². The number of nitrogens with zero attached hydrogens (tertiary/aromatic N) is 2. The van der Waals surface area contributed by atoms with E-state index in [9.17, 15) is 30.8 Å². The Morgan fingerprint density at radius 2 is 1.58 bits per heavy atom. The van der Waals surface area contributed by atoms with E-state index < -0.39 is 38.5 Å². The molecular weight excluding hydrogens is 462 g/mol. The number of hydrogen-bond acceptors (Lipinski definition) is 4. The molecule has 1 aliphatic carbocycles. The molecule has 4 rings (SSSR count). The number of hydrogen-bond donors (Lipinski definition) is 1. The molecule has 2 aromatic rings. The number of carbonyl (C=O) groups excluding carboxylic acids is 1. The van der Waals surface area contributed by atoms with Gasteiger partial charge >= 0.3 is 6.18 Å². The van der Waals surface area contributed by atoms with Crippen LogP contribution >= 0.6 is 0 Å². The summed E-state index contributed by atoms with van der Waals surface area (Å²) in [6, 6.07) is 8.97. The Kier molecular flexibility index (Phi) is 6.47. The van der Waals surface area contributed by atoms with Crippen LogP contribution in [0.4, 0.5) is 17.6 Å². The highest BCUT2D eigenvalue weighted by Crippen LogP contribution is 2.35. The van der Waals surface area contributed by atoms with Gasteiger partial charge in [0.05, 0.1) is 10.5 Å². The topological polar surface area (TPSA) is 69.7 Å². The molecule has 1 amide bonds. The number of carbonyl (C=O) groups is 1. The van der Waals surface area contributed by atoms with Crippen molar-refractivity contribution >= 4 is 15.9 Å². The molecule has 0 spiro atoms. The van der Waals surface area contributed by atoms with Crippen molar-refractivity contribution in [1.29, 1.82) is 0 Å². The molecule has 2 fully saturated rings. The second kappa shape index (κ2) is 9.03. The van der Waals surface area contributed by atoms with Crippen LogP contribution in [-0.2, 0) is 21.0 Å². The van der Waals surface area contributed by atoms with Crippen LogP contribution in [-0.4, -0.2) is 55.8 Å². The molecule has 6 nitrogen and oxygen atoms in total. The maximum atomic E-state index is 13.4.